The highest BCUT2D eigenvalue weighted by Gasteiger charge is 2.42. The fourth-order valence-corrected chi connectivity index (χ4v) is 4.72. The number of carbonyl (C=O) groups is 1. The number of carboxylic acids is 1. The molecular weight excluding hydrogens is 344 g/mol. The lowest BCUT2D eigenvalue weighted by molar-refractivity contribution is -0.143. The largest absolute Gasteiger partial charge is 0.494 e. The molecule has 2 N–H and O–H groups in total. The molecule has 25 heavy (non-hydrogen) atoms. The van der Waals surface area contributed by atoms with E-state index in [0.717, 1.165) is 25.7 Å². The second-order valence-corrected chi connectivity index (χ2v) is 8.77. The minimum absolute atomic E-state index is 0.0646. The molecule has 0 radical (unpaired) electrons. The average molecular weight is 368 g/mol. The molecule has 2 aliphatic carbocycles. The predicted octanol–water partition coefficient (Wildman–Crippen LogP) is 2.80. The molecule has 1 saturated carbocycles. The van der Waals surface area contributed by atoms with Crippen molar-refractivity contribution >= 4 is 16.1 Å². The third-order valence-corrected chi connectivity index (χ3v) is 6.44. The SMILES string of the molecule is O=C(O)C1CCC2(CCc3ccc(OCCCS(=O)(=O)O)cc32)CC1. The van der Waals surface area contributed by atoms with E-state index in [4.69, 9.17) is 9.29 Å². The Bertz CT molecular complexity index is 747. The number of fused-ring (bicyclic) bond motifs is 2. The Morgan fingerprint density at radius 2 is 1.96 bits per heavy atom. The van der Waals surface area contributed by atoms with Crippen molar-refractivity contribution in [1.82, 2.24) is 0 Å². The van der Waals surface area contributed by atoms with Crippen molar-refractivity contribution in [3.05, 3.63) is 29.3 Å². The van der Waals surface area contributed by atoms with E-state index in [9.17, 15) is 18.3 Å². The Morgan fingerprint density at radius 1 is 1.24 bits per heavy atom. The molecular formula is C18H24O6S. The highest BCUT2D eigenvalue weighted by molar-refractivity contribution is 7.85. The van der Waals surface area contributed by atoms with Crippen molar-refractivity contribution in [2.24, 2.45) is 5.92 Å². The number of aliphatic carboxylic acids is 1. The summed E-state index contributed by atoms with van der Waals surface area (Å²) >= 11 is 0. The Morgan fingerprint density at radius 3 is 2.60 bits per heavy atom. The standard InChI is InChI=1S/C18H24O6S/c19-17(20)14-5-8-18(9-6-14)7-4-13-2-3-15(12-16(13)18)24-10-1-11-25(21,22)23/h2-3,12,14H,1,4-11H2,(H,19,20)(H,21,22,23). The van der Waals surface area contributed by atoms with Crippen LogP contribution in [0.25, 0.3) is 0 Å². The lowest BCUT2D eigenvalue weighted by Crippen LogP contribution is -2.32. The number of ether oxygens (including phenoxy) is 1. The molecule has 6 nitrogen and oxygen atoms in total. The molecule has 1 aromatic rings. The minimum Gasteiger partial charge on any atom is -0.494 e. The first-order chi connectivity index (χ1) is 11.8. The maximum Gasteiger partial charge on any atom is 0.306 e. The lowest BCUT2D eigenvalue weighted by Gasteiger charge is -2.37. The van der Waals surface area contributed by atoms with Gasteiger partial charge in [0.05, 0.1) is 18.3 Å². The maximum atomic E-state index is 11.2. The molecule has 0 amide bonds. The van der Waals surface area contributed by atoms with Crippen LogP contribution in [0.5, 0.6) is 5.75 Å². The van der Waals surface area contributed by atoms with Crippen LogP contribution in [0.2, 0.25) is 0 Å². The molecule has 0 atom stereocenters. The van der Waals surface area contributed by atoms with E-state index in [-0.39, 0.29) is 30.1 Å². The van der Waals surface area contributed by atoms with Crippen LogP contribution in [0, 0.1) is 5.92 Å². The molecule has 0 heterocycles. The predicted molar refractivity (Wildman–Crippen MR) is 92.6 cm³/mol. The van der Waals surface area contributed by atoms with Crippen molar-refractivity contribution in [3.63, 3.8) is 0 Å². The summed E-state index contributed by atoms with van der Waals surface area (Å²) in [5.41, 5.74) is 2.64. The van der Waals surface area contributed by atoms with Crippen molar-refractivity contribution in [3.8, 4) is 5.75 Å². The van der Waals surface area contributed by atoms with Crippen molar-refractivity contribution in [1.29, 1.82) is 0 Å². The van der Waals surface area contributed by atoms with Crippen LogP contribution in [-0.4, -0.2) is 36.4 Å². The molecule has 3 rings (SSSR count). The third kappa shape index (κ3) is 4.15. The molecule has 0 unspecified atom stereocenters. The normalized spacial score (nSPS) is 25.7. The summed E-state index contributed by atoms with van der Waals surface area (Å²) in [6.45, 7) is 0.229. The average Bonchev–Trinajstić information content (AvgIpc) is 2.89. The van der Waals surface area contributed by atoms with Crippen molar-refractivity contribution in [2.75, 3.05) is 12.4 Å². The van der Waals surface area contributed by atoms with Gasteiger partial charge in [-0.1, -0.05) is 6.07 Å². The van der Waals surface area contributed by atoms with Gasteiger partial charge in [0.25, 0.3) is 10.1 Å². The van der Waals surface area contributed by atoms with Gasteiger partial charge in [0.1, 0.15) is 5.75 Å². The van der Waals surface area contributed by atoms with Crippen LogP contribution in [0.3, 0.4) is 0 Å². The van der Waals surface area contributed by atoms with E-state index in [1.165, 1.54) is 11.1 Å². The van der Waals surface area contributed by atoms with E-state index in [1.54, 1.807) is 0 Å². The van der Waals surface area contributed by atoms with Gasteiger partial charge in [-0.2, -0.15) is 8.42 Å². The van der Waals surface area contributed by atoms with Crippen LogP contribution < -0.4 is 4.74 Å². The quantitative estimate of drug-likeness (QED) is 0.591. The van der Waals surface area contributed by atoms with Gasteiger partial charge in [0.15, 0.2) is 0 Å². The number of hydrogen-bond donors (Lipinski definition) is 2. The van der Waals surface area contributed by atoms with Crippen LogP contribution in [-0.2, 0) is 26.7 Å². The van der Waals surface area contributed by atoms with E-state index in [1.807, 2.05) is 12.1 Å². The summed E-state index contributed by atoms with van der Waals surface area (Å²) in [7, 11) is -3.95. The topological polar surface area (TPSA) is 101 Å². The summed E-state index contributed by atoms with van der Waals surface area (Å²) in [5.74, 6) is -0.521. The van der Waals surface area contributed by atoms with E-state index in [2.05, 4.69) is 6.07 Å². The number of aryl methyl sites for hydroxylation is 1. The Labute approximate surface area is 147 Å². The molecule has 0 aromatic heterocycles. The highest BCUT2D eigenvalue weighted by Crippen LogP contribution is 2.50. The minimum atomic E-state index is -3.95. The maximum absolute atomic E-state index is 11.2. The van der Waals surface area contributed by atoms with Crippen LogP contribution >= 0.6 is 0 Å². The highest BCUT2D eigenvalue weighted by atomic mass is 32.2. The number of rotatable bonds is 6. The molecule has 1 fully saturated rings. The summed E-state index contributed by atoms with van der Waals surface area (Å²) in [6, 6.07) is 6.00. The number of benzene rings is 1. The lowest BCUT2D eigenvalue weighted by atomic mass is 9.67. The van der Waals surface area contributed by atoms with Gasteiger partial charge in [0.2, 0.25) is 0 Å². The molecule has 138 valence electrons. The molecule has 0 saturated heterocycles. The number of carboxylic acid groups (broad SMARTS) is 1. The van der Waals surface area contributed by atoms with Crippen molar-refractivity contribution < 1.29 is 27.6 Å². The Hall–Kier alpha value is -1.60. The molecule has 1 spiro atoms. The van der Waals surface area contributed by atoms with Gasteiger partial charge >= 0.3 is 5.97 Å². The van der Waals surface area contributed by atoms with Gasteiger partial charge in [-0.05, 0) is 73.6 Å². The van der Waals surface area contributed by atoms with Crippen molar-refractivity contribution in [2.45, 2.75) is 50.4 Å². The Balaban J connectivity index is 1.66. The second kappa shape index (κ2) is 6.96. The van der Waals surface area contributed by atoms with E-state index >= 15 is 0 Å². The molecule has 1 aromatic carbocycles. The van der Waals surface area contributed by atoms with Crippen LogP contribution in [0.15, 0.2) is 18.2 Å². The zero-order valence-electron chi connectivity index (χ0n) is 14.1. The smallest absolute Gasteiger partial charge is 0.306 e. The van der Waals surface area contributed by atoms with Gasteiger partial charge in [0, 0.05) is 0 Å². The molecule has 2 aliphatic rings. The zero-order chi connectivity index (χ0) is 18.1. The molecule has 0 bridgehead atoms. The van der Waals surface area contributed by atoms with Crippen LogP contribution in [0.1, 0.15) is 49.7 Å². The summed E-state index contributed by atoms with van der Waals surface area (Å²) in [5, 5.41) is 9.21. The van der Waals surface area contributed by atoms with Gasteiger partial charge in [-0.3, -0.25) is 9.35 Å². The van der Waals surface area contributed by atoms with E-state index in [0.29, 0.717) is 18.6 Å². The van der Waals surface area contributed by atoms with E-state index < -0.39 is 16.1 Å². The first-order valence-corrected chi connectivity index (χ1v) is 10.3. The van der Waals surface area contributed by atoms with Gasteiger partial charge in [-0.15, -0.1) is 0 Å². The monoisotopic (exact) mass is 368 g/mol. The Kier molecular flexibility index (Phi) is 5.06. The summed E-state index contributed by atoms with van der Waals surface area (Å²) in [6.07, 6.45) is 5.52. The third-order valence-electron chi connectivity index (χ3n) is 5.63. The number of hydrogen-bond acceptors (Lipinski definition) is 4. The van der Waals surface area contributed by atoms with Crippen LogP contribution in [0.4, 0.5) is 0 Å². The zero-order valence-corrected chi connectivity index (χ0v) is 14.9. The molecule has 0 aliphatic heterocycles. The first kappa shape index (κ1) is 18.2. The first-order valence-electron chi connectivity index (χ1n) is 8.73. The fraction of sp³-hybridized carbons (Fsp3) is 0.611. The fourth-order valence-electron chi connectivity index (χ4n) is 4.23. The molecule has 7 heteroatoms. The van der Waals surface area contributed by atoms with Gasteiger partial charge in [-0.25, -0.2) is 0 Å². The van der Waals surface area contributed by atoms with Gasteiger partial charge < -0.3 is 9.84 Å². The summed E-state index contributed by atoms with van der Waals surface area (Å²) < 4.78 is 35.9. The second-order valence-electron chi connectivity index (χ2n) is 7.20. The summed E-state index contributed by atoms with van der Waals surface area (Å²) in [4.78, 5) is 11.2.